The molecule has 1 atom stereocenters. The Kier molecular flexibility index (Phi) is 5.90. The lowest BCUT2D eigenvalue weighted by molar-refractivity contribution is -0.384. The maximum atomic E-state index is 12.6. The Bertz CT molecular complexity index is 888. The van der Waals surface area contributed by atoms with Gasteiger partial charge in [-0.3, -0.25) is 15.0 Å². The van der Waals surface area contributed by atoms with Gasteiger partial charge in [0.25, 0.3) is 5.69 Å². The number of aryl methyl sites for hydroxylation is 1. The fraction of sp³-hybridized carbons (Fsp3) is 0.412. The van der Waals surface area contributed by atoms with Gasteiger partial charge in [0.1, 0.15) is 11.5 Å². The average molecular weight is 395 g/mol. The maximum Gasteiger partial charge on any atom is 0.269 e. The van der Waals surface area contributed by atoms with Crippen LogP contribution in [-0.4, -0.2) is 51.1 Å². The minimum absolute atomic E-state index is 0.0237. The van der Waals surface area contributed by atoms with Crippen LogP contribution in [-0.2, 0) is 14.8 Å². The van der Waals surface area contributed by atoms with E-state index in [-0.39, 0.29) is 23.2 Å². The van der Waals surface area contributed by atoms with Gasteiger partial charge in [0.05, 0.1) is 29.1 Å². The predicted octanol–water partition coefficient (Wildman–Crippen LogP) is 1.85. The summed E-state index contributed by atoms with van der Waals surface area (Å²) in [6.45, 7) is 4.44. The van der Waals surface area contributed by atoms with E-state index in [4.69, 9.17) is 9.15 Å². The van der Waals surface area contributed by atoms with Crippen molar-refractivity contribution in [2.24, 2.45) is 0 Å². The van der Waals surface area contributed by atoms with Crippen molar-refractivity contribution in [2.75, 3.05) is 32.8 Å². The summed E-state index contributed by atoms with van der Waals surface area (Å²) in [6, 6.07) is 8.20. The highest BCUT2D eigenvalue weighted by Gasteiger charge is 2.27. The van der Waals surface area contributed by atoms with Gasteiger partial charge in [-0.2, -0.15) is 0 Å². The van der Waals surface area contributed by atoms with Crippen LogP contribution >= 0.6 is 0 Å². The third kappa shape index (κ3) is 4.72. The topological polar surface area (TPSA) is 115 Å². The molecule has 1 aromatic heterocycles. The molecule has 1 aromatic carbocycles. The summed E-state index contributed by atoms with van der Waals surface area (Å²) >= 11 is 0. The second-order valence-corrected chi connectivity index (χ2v) is 7.98. The highest BCUT2D eigenvalue weighted by molar-refractivity contribution is 7.89. The molecule has 1 N–H and O–H groups in total. The Morgan fingerprint density at radius 2 is 1.85 bits per heavy atom. The minimum atomic E-state index is -3.81. The molecule has 0 spiro atoms. The molecule has 2 heterocycles. The van der Waals surface area contributed by atoms with Crippen molar-refractivity contribution in [3.8, 4) is 0 Å². The average Bonchev–Trinajstić information content (AvgIpc) is 3.09. The molecule has 27 heavy (non-hydrogen) atoms. The number of ether oxygens (including phenoxy) is 1. The van der Waals surface area contributed by atoms with Gasteiger partial charge < -0.3 is 9.15 Å². The van der Waals surface area contributed by atoms with Gasteiger partial charge in [-0.15, -0.1) is 0 Å². The maximum absolute atomic E-state index is 12.6. The number of nitrogens with zero attached hydrogens (tertiary/aromatic N) is 2. The van der Waals surface area contributed by atoms with Crippen LogP contribution in [0.2, 0.25) is 0 Å². The van der Waals surface area contributed by atoms with Crippen molar-refractivity contribution in [3.05, 3.63) is 58.0 Å². The molecule has 1 aliphatic heterocycles. The van der Waals surface area contributed by atoms with Crippen LogP contribution in [0, 0.1) is 17.0 Å². The van der Waals surface area contributed by atoms with Crippen molar-refractivity contribution in [1.82, 2.24) is 9.62 Å². The van der Waals surface area contributed by atoms with Crippen molar-refractivity contribution in [2.45, 2.75) is 17.9 Å². The highest BCUT2D eigenvalue weighted by Crippen LogP contribution is 2.24. The minimum Gasteiger partial charge on any atom is -0.465 e. The van der Waals surface area contributed by atoms with Crippen LogP contribution in [0.4, 0.5) is 5.69 Å². The molecule has 0 radical (unpaired) electrons. The van der Waals surface area contributed by atoms with E-state index >= 15 is 0 Å². The molecule has 1 aliphatic rings. The van der Waals surface area contributed by atoms with Crippen LogP contribution in [0.5, 0.6) is 0 Å². The molecular weight excluding hydrogens is 374 g/mol. The summed E-state index contributed by atoms with van der Waals surface area (Å²) in [5.74, 6) is 1.43. The van der Waals surface area contributed by atoms with Crippen molar-refractivity contribution in [1.29, 1.82) is 0 Å². The van der Waals surface area contributed by atoms with E-state index in [2.05, 4.69) is 9.62 Å². The third-order valence-corrected chi connectivity index (χ3v) is 5.84. The van der Waals surface area contributed by atoms with Crippen molar-refractivity contribution >= 4 is 15.7 Å². The molecule has 1 unspecified atom stereocenters. The molecule has 1 fully saturated rings. The third-order valence-electron chi connectivity index (χ3n) is 4.40. The first-order valence-corrected chi connectivity index (χ1v) is 9.97. The summed E-state index contributed by atoms with van der Waals surface area (Å²) in [4.78, 5) is 12.2. The zero-order valence-corrected chi connectivity index (χ0v) is 15.6. The van der Waals surface area contributed by atoms with Crippen LogP contribution in [0.25, 0.3) is 0 Å². The van der Waals surface area contributed by atoms with Crippen LogP contribution in [0.1, 0.15) is 17.6 Å². The molecular formula is C17H21N3O6S. The Hall–Kier alpha value is -2.27. The SMILES string of the molecule is Cc1ccc(C(CNS(=O)(=O)c2ccc([N+](=O)[O-])cc2)N2CCOCC2)o1. The molecule has 0 aliphatic carbocycles. The number of benzene rings is 1. The smallest absolute Gasteiger partial charge is 0.269 e. The number of nitro benzene ring substituents is 1. The number of furan rings is 1. The molecule has 0 amide bonds. The Morgan fingerprint density at radius 1 is 1.19 bits per heavy atom. The largest absolute Gasteiger partial charge is 0.465 e. The number of morpholine rings is 1. The predicted molar refractivity (Wildman–Crippen MR) is 96.9 cm³/mol. The zero-order valence-electron chi connectivity index (χ0n) is 14.8. The Balaban J connectivity index is 1.76. The van der Waals surface area contributed by atoms with Gasteiger partial charge in [-0.05, 0) is 31.2 Å². The summed E-state index contributed by atoms with van der Waals surface area (Å²) in [7, 11) is -3.81. The second-order valence-electron chi connectivity index (χ2n) is 6.22. The van der Waals surface area contributed by atoms with Crippen LogP contribution in [0.15, 0.2) is 45.7 Å². The molecule has 1 saturated heterocycles. The molecule has 0 saturated carbocycles. The van der Waals surface area contributed by atoms with Gasteiger partial charge >= 0.3 is 0 Å². The number of rotatable bonds is 7. The first-order chi connectivity index (χ1) is 12.9. The lowest BCUT2D eigenvalue weighted by atomic mass is 10.2. The summed E-state index contributed by atoms with van der Waals surface area (Å²) in [5.41, 5.74) is -0.161. The van der Waals surface area contributed by atoms with E-state index in [0.29, 0.717) is 32.1 Å². The monoisotopic (exact) mass is 395 g/mol. The first-order valence-electron chi connectivity index (χ1n) is 8.49. The standard InChI is InChI=1S/C17H21N3O6S/c1-13-2-7-17(26-13)16(19-8-10-25-11-9-19)12-18-27(23,24)15-5-3-14(4-6-15)20(21)22/h2-7,16,18H,8-12H2,1H3. The number of hydrogen-bond acceptors (Lipinski definition) is 7. The molecule has 146 valence electrons. The van der Waals surface area contributed by atoms with Gasteiger partial charge in [-0.1, -0.05) is 0 Å². The number of nitro groups is 1. The highest BCUT2D eigenvalue weighted by atomic mass is 32.2. The van der Waals surface area contributed by atoms with E-state index in [0.717, 1.165) is 5.76 Å². The number of hydrogen-bond donors (Lipinski definition) is 1. The lowest BCUT2D eigenvalue weighted by Crippen LogP contribution is -2.43. The van der Waals surface area contributed by atoms with Crippen molar-refractivity contribution in [3.63, 3.8) is 0 Å². The second kappa shape index (κ2) is 8.17. The Morgan fingerprint density at radius 3 is 2.41 bits per heavy atom. The molecule has 2 aromatic rings. The van der Waals surface area contributed by atoms with E-state index in [1.165, 1.54) is 24.3 Å². The van der Waals surface area contributed by atoms with Gasteiger partial charge in [0, 0.05) is 31.8 Å². The van der Waals surface area contributed by atoms with E-state index in [1.54, 1.807) is 0 Å². The van der Waals surface area contributed by atoms with E-state index in [9.17, 15) is 18.5 Å². The zero-order chi connectivity index (χ0) is 19.4. The van der Waals surface area contributed by atoms with Crippen molar-refractivity contribution < 1.29 is 22.5 Å². The van der Waals surface area contributed by atoms with E-state index < -0.39 is 14.9 Å². The van der Waals surface area contributed by atoms with Crippen LogP contribution < -0.4 is 4.72 Å². The summed E-state index contributed by atoms with van der Waals surface area (Å²) in [6.07, 6.45) is 0. The number of sulfonamides is 1. The van der Waals surface area contributed by atoms with Gasteiger partial charge in [0.15, 0.2) is 0 Å². The fourth-order valence-corrected chi connectivity index (χ4v) is 3.99. The fourth-order valence-electron chi connectivity index (χ4n) is 2.95. The lowest BCUT2D eigenvalue weighted by Gasteiger charge is -2.33. The summed E-state index contributed by atoms with van der Waals surface area (Å²) < 4.78 is 38.8. The van der Waals surface area contributed by atoms with Gasteiger partial charge in [-0.25, -0.2) is 13.1 Å². The molecule has 0 bridgehead atoms. The molecule has 9 nitrogen and oxygen atoms in total. The molecule has 10 heteroatoms. The Labute approximate surface area is 157 Å². The van der Waals surface area contributed by atoms with Crippen LogP contribution in [0.3, 0.4) is 0 Å². The molecule has 3 rings (SSSR count). The van der Waals surface area contributed by atoms with E-state index in [1.807, 2.05) is 19.1 Å². The van der Waals surface area contributed by atoms with Gasteiger partial charge in [0.2, 0.25) is 10.0 Å². The number of nitrogens with one attached hydrogen (secondary N) is 1. The first kappa shape index (κ1) is 19.5. The quantitative estimate of drug-likeness (QED) is 0.562. The summed E-state index contributed by atoms with van der Waals surface area (Å²) in [5, 5.41) is 10.7. The normalized spacial score (nSPS) is 16.9. The number of non-ortho nitro benzene ring substituents is 1.